The number of benzene rings is 2. The van der Waals surface area contributed by atoms with E-state index in [-0.39, 0.29) is 5.91 Å². The fourth-order valence-electron chi connectivity index (χ4n) is 3.04. The molecule has 1 atom stereocenters. The molecule has 3 amide bonds. The second-order valence-corrected chi connectivity index (χ2v) is 6.72. The van der Waals surface area contributed by atoms with E-state index >= 15 is 0 Å². The lowest BCUT2D eigenvalue weighted by molar-refractivity contribution is -0.130. The van der Waals surface area contributed by atoms with Crippen molar-refractivity contribution in [2.75, 3.05) is 14.2 Å². The summed E-state index contributed by atoms with van der Waals surface area (Å²) in [6, 6.07) is 14.5. The molecule has 28 heavy (non-hydrogen) atoms. The average Bonchev–Trinajstić information content (AvgIpc) is 2.94. The number of aryl methyl sites for hydroxylation is 1. The van der Waals surface area contributed by atoms with Crippen molar-refractivity contribution in [1.82, 2.24) is 10.3 Å². The first-order valence-corrected chi connectivity index (χ1v) is 8.93. The van der Waals surface area contributed by atoms with E-state index in [2.05, 4.69) is 10.4 Å². The molecule has 2 aromatic rings. The third kappa shape index (κ3) is 3.98. The maximum atomic E-state index is 12.8. The fraction of sp³-hybridized carbons (Fsp3) is 0.286. The first-order chi connectivity index (χ1) is 13.5. The summed E-state index contributed by atoms with van der Waals surface area (Å²) in [6.45, 7) is 1.72. The minimum atomic E-state index is -0.984. The lowest BCUT2D eigenvalue weighted by Crippen LogP contribution is -2.44. The molecular formula is C21H23N3O4. The molecule has 0 spiro atoms. The van der Waals surface area contributed by atoms with Crippen LogP contribution in [0.4, 0.5) is 4.79 Å². The highest BCUT2D eigenvalue weighted by Crippen LogP contribution is 2.27. The molecular weight excluding hydrogens is 358 g/mol. The Morgan fingerprint density at radius 2 is 1.79 bits per heavy atom. The van der Waals surface area contributed by atoms with Crippen LogP contribution in [0.3, 0.4) is 0 Å². The monoisotopic (exact) mass is 381 g/mol. The van der Waals surface area contributed by atoms with Crippen molar-refractivity contribution < 1.29 is 19.1 Å². The van der Waals surface area contributed by atoms with Crippen LogP contribution in [0.5, 0.6) is 11.5 Å². The van der Waals surface area contributed by atoms with Gasteiger partial charge in [-0.2, -0.15) is 5.10 Å². The Bertz CT molecular complexity index is 898. The molecule has 0 bridgehead atoms. The van der Waals surface area contributed by atoms with E-state index in [9.17, 15) is 9.59 Å². The molecule has 1 N–H and O–H groups in total. The van der Waals surface area contributed by atoms with Crippen LogP contribution in [0.25, 0.3) is 0 Å². The summed E-state index contributed by atoms with van der Waals surface area (Å²) in [5.41, 5.74) is 0.802. The van der Waals surface area contributed by atoms with E-state index in [0.717, 1.165) is 10.6 Å². The van der Waals surface area contributed by atoms with Crippen molar-refractivity contribution in [3.63, 3.8) is 0 Å². The first kappa shape index (κ1) is 19.4. The Morgan fingerprint density at radius 3 is 2.46 bits per heavy atom. The van der Waals surface area contributed by atoms with E-state index in [1.165, 1.54) is 13.3 Å². The quantitative estimate of drug-likeness (QED) is 0.591. The fourth-order valence-corrected chi connectivity index (χ4v) is 3.04. The Morgan fingerprint density at radius 1 is 1.07 bits per heavy atom. The van der Waals surface area contributed by atoms with Gasteiger partial charge >= 0.3 is 6.03 Å². The molecule has 0 aliphatic carbocycles. The molecule has 1 heterocycles. The van der Waals surface area contributed by atoms with Crippen LogP contribution in [0.2, 0.25) is 0 Å². The zero-order valence-electron chi connectivity index (χ0n) is 16.1. The van der Waals surface area contributed by atoms with Crippen molar-refractivity contribution in [2.24, 2.45) is 5.10 Å². The number of nitrogens with zero attached hydrogens (tertiary/aromatic N) is 2. The molecule has 0 saturated carbocycles. The Hall–Kier alpha value is -3.35. The second-order valence-electron chi connectivity index (χ2n) is 6.72. The number of methoxy groups -OCH3 is 2. The molecule has 7 nitrogen and oxygen atoms in total. The third-order valence-electron chi connectivity index (χ3n) is 4.73. The molecule has 3 rings (SSSR count). The standard InChI is InChI=1S/C21H23N3O4/c1-21(12-11-15-7-5-4-6-8-15)19(25)24(20(26)23-21)22-14-16-9-10-17(27-2)18(13-16)28-3/h4-10,13-14H,11-12H2,1-3H3,(H,23,26)/b22-14-/t21-/m1/s1. The van der Waals surface area contributed by atoms with E-state index < -0.39 is 11.6 Å². The van der Waals surface area contributed by atoms with Crippen LogP contribution in [0, 0.1) is 0 Å². The number of hydrazone groups is 1. The summed E-state index contributed by atoms with van der Waals surface area (Å²) in [5, 5.41) is 7.72. The highest BCUT2D eigenvalue weighted by Gasteiger charge is 2.47. The van der Waals surface area contributed by atoms with Gasteiger partial charge in [-0.15, -0.1) is 5.01 Å². The molecule has 1 fully saturated rings. The van der Waals surface area contributed by atoms with Crippen LogP contribution in [0.15, 0.2) is 53.6 Å². The highest BCUT2D eigenvalue weighted by atomic mass is 16.5. The number of carbonyl (C=O) groups excluding carboxylic acids is 2. The summed E-state index contributed by atoms with van der Waals surface area (Å²) in [4.78, 5) is 25.1. The molecule has 0 aromatic heterocycles. The normalized spacial score (nSPS) is 19.2. The van der Waals surface area contributed by atoms with Gasteiger partial charge in [0.15, 0.2) is 11.5 Å². The Kier molecular flexibility index (Phi) is 5.63. The van der Waals surface area contributed by atoms with Gasteiger partial charge in [-0.05, 0) is 49.1 Å². The molecule has 0 unspecified atom stereocenters. The third-order valence-corrected chi connectivity index (χ3v) is 4.73. The minimum absolute atomic E-state index is 0.370. The van der Waals surface area contributed by atoms with Crippen molar-refractivity contribution in [2.45, 2.75) is 25.3 Å². The number of urea groups is 1. The lowest BCUT2D eigenvalue weighted by atomic mass is 9.93. The zero-order valence-corrected chi connectivity index (χ0v) is 16.1. The van der Waals surface area contributed by atoms with Crippen molar-refractivity contribution in [3.05, 3.63) is 59.7 Å². The minimum Gasteiger partial charge on any atom is -0.493 e. The van der Waals surface area contributed by atoms with Gasteiger partial charge in [0.05, 0.1) is 20.4 Å². The molecule has 1 aliphatic heterocycles. The number of imide groups is 1. The van der Waals surface area contributed by atoms with Gasteiger partial charge in [0.2, 0.25) is 0 Å². The summed E-state index contributed by atoms with van der Waals surface area (Å²) >= 11 is 0. The van der Waals surface area contributed by atoms with Gasteiger partial charge in [0.25, 0.3) is 5.91 Å². The zero-order chi connectivity index (χ0) is 20.1. The number of ether oxygens (including phenoxy) is 2. The van der Waals surface area contributed by atoms with E-state index in [1.807, 2.05) is 30.3 Å². The van der Waals surface area contributed by atoms with Crippen molar-refractivity contribution >= 4 is 18.2 Å². The van der Waals surface area contributed by atoms with Crippen LogP contribution in [-0.2, 0) is 11.2 Å². The molecule has 2 aromatic carbocycles. The lowest BCUT2D eigenvalue weighted by Gasteiger charge is -2.20. The summed E-state index contributed by atoms with van der Waals surface area (Å²) < 4.78 is 10.4. The maximum Gasteiger partial charge on any atom is 0.346 e. The van der Waals surface area contributed by atoms with E-state index in [4.69, 9.17) is 9.47 Å². The maximum absolute atomic E-state index is 12.8. The van der Waals surface area contributed by atoms with Gasteiger partial charge in [0, 0.05) is 0 Å². The number of hydrogen-bond donors (Lipinski definition) is 1. The van der Waals surface area contributed by atoms with E-state index in [1.54, 1.807) is 32.2 Å². The van der Waals surface area contributed by atoms with Gasteiger partial charge in [-0.1, -0.05) is 30.3 Å². The largest absolute Gasteiger partial charge is 0.493 e. The summed E-state index contributed by atoms with van der Waals surface area (Å²) in [6.07, 6.45) is 2.61. The topological polar surface area (TPSA) is 80.2 Å². The molecule has 7 heteroatoms. The van der Waals surface area contributed by atoms with Crippen LogP contribution >= 0.6 is 0 Å². The number of nitrogens with one attached hydrogen (secondary N) is 1. The number of hydrogen-bond acceptors (Lipinski definition) is 5. The van der Waals surface area contributed by atoms with E-state index in [0.29, 0.717) is 29.9 Å². The van der Waals surface area contributed by atoms with Gasteiger partial charge in [-0.3, -0.25) is 4.79 Å². The predicted octanol–water partition coefficient (Wildman–Crippen LogP) is 2.98. The molecule has 146 valence electrons. The second kappa shape index (κ2) is 8.12. The highest BCUT2D eigenvalue weighted by molar-refractivity contribution is 6.07. The first-order valence-electron chi connectivity index (χ1n) is 8.93. The number of carbonyl (C=O) groups is 2. The van der Waals surface area contributed by atoms with Crippen LogP contribution in [0.1, 0.15) is 24.5 Å². The smallest absolute Gasteiger partial charge is 0.346 e. The molecule has 1 saturated heterocycles. The van der Waals surface area contributed by atoms with Crippen molar-refractivity contribution in [1.29, 1.82) is 0 Å². The van der Waals surface area contributed by atoms with Crippen LogP contribution in [-0.4, -0.2) is 42.9 Å². The Balaban J connectivity index is 1.72. The molecule has 1 aliphatic rings. The SMILES string of the molecule is COc1ccc(/C=N\N2C(=O)N[C@](C)(CCc3ccccc3)C2=O)cc1OC. The summed E-state index contributed by atoms with van der Waals surface area (Å²) in [5.74, 6) is 0.754. The van der Waals surface area contributed by atoms with Crippen molar-refractivity contribution in [3.8, 4) is 11.5 Å². The van der Waals surface area contributed by atoms with Crippen LogP contribution < -0.4 is 14.8 Å². The Labute approximate surface area is 163 Å². The molecule has 0 radical (unpaired) electrons. The number of amides is 3. The van der Waals surface area contributed by atoms with Gasteiger partial charge in [0.1, 0.15) is 5.54 Å². The predicted molar refractivity (Wildman–Crippen MR) is 106 cm³/mol. The van der Waals surface area contributed by atoms with Gasteiger partial charge < -0.3 is 14.8 Å². The summed E-state index contributed by atoms with van der Waals surface area (Å²) in [7, 11) is 3.09. The number of rotatable bonds is 7. The average molecular weight is 381 g/mol. The van der Waals surface area contributed by atoms with Gasteiger partial charge in [-0.25, -0.2) is 4.79 Å².